The molecule has 3 heteroatoms. The second-order valence-corrected chi connectivity index (χ2v) is 3.98. The quantitative estimate of drug-likeness (QED) is 0.461. The van der Waals surface area contributed by atoms with E-state index in [2.05, 4.69) is 0 Å². The van der Waals surface area contributed by atoms with Gasteiger partial charge in [0.15, 0.2) is 0 Å². The van der Waals surface area contributed by atoms with Crippen LogP contribution in [-0.4, -0.2) is 4.92 Å². The number of benzene rings is 2. The molecule has 0 fully saturated rings. The van der Waals surface area contributed by atoms with Gasteiger partial charge in [-0.05, 0) is 11.1 Å². The van der Waals surface area contributed by atoms with Gasteiger partial charge >= 0.3 is 0 Å². The van der Waals surface area contributed by atoms with Gasteiger partial charge < -0.3 is 0 Å². The van der Waals surface area contributed by atoms with Crippen LogP contribution >= 0.6 is 0 Å². The first-order chi connectivity index (χ1) is 9.25. The second-order valence-electron chi connectivity index (χ2n) is 3.98. The summed E-state index contributed by atoms with van der Waals surface area (Å²) in [5, 5.41) is 10.6. The van der Waals surface area contributed by atoms with E-state index in [-0.39, 0.29) is 5.69 Å². The molecular formula is C16H13NO2. The molecule has 3 nitrogen and oxygen atoms in total. The number of rotatable bonds is 4. The molecule has 2 aromatic rings. The lowest BCUT2D eigenvalue weighted by Crippen LogP contribution is -1.87. The van der Waals surface area contributed by atoms with Crippen LogP contribution in [0.5, 0.6) is 0 Å². The lowest BCUT2D eigenvalue weighted by atomic mass is 10.1. The fourth-order valence-corrected chi connectivity index (χ4v) is 1.64. The summed E-state index contributed by atoms with van der Waals surface area (Å²) in [5.41, 5.74) is 2.03. The van der Waals surface area contributed by atoms with Crippen molar-refractivity contribution in [3.05, 3.63) is 88.0 Å². The van der Waals surface area contributed by atoms with Crippen LogP contribution in [0, 0.1) is 10.1 Å². The predicted octanol–water partition coefficient (Wildman–Crippen LogP) is 4.32. The minimum atomic E-state index is -0.392. The monoisotopic (exact) mass is 251 g/mol. The van der Waals surface area contributed by atoms with Crippen molar-refractivity contribution in [3.63, 3.8) is 0 Å². The van der Waals surface area contributed by atoms with Gasteiger partial charge in [0.1, 0.15) is 0 Å². The summed E-state index contributed by atoms with van der Waals surface area (Å²) in [6.45, 7) is 0. The van der Waals surface area contributed by atoms with Crippen molar-refractivity contribution in [2.75, 3.05) is 0 Å². The maximum atomic E-state index is 10.6. The molecule has 0 spiro atoms. The Morgan fingerprint density at radius 2 is 1.47 bits per heavy atom. The molecule has 0 aliphatic heterocycles. The molecule has 0 bridgehead atoms. The van der Waals surface area contributed by atoms with Crippen molar-refractivity contribution in [1.82, 2.24) is 0 Å². The third kappa shape index (κ3) is 3.92. The van der Waals surface area contributed by atoms with Crippen molar-refractivity contribution in [1.29, 1.82) is 0 Å². The van der Waals surface area contributed by atoms with Crippen LogP contribution in [0.3, 0.4) is 0 Å². The Morgan fingerprint density at radius 1 is 0.842 bits per heavy atom. The molecule has 0 aliphatic rings. The summed E-state index contributed by atoms with van der Waals surface area (Å²) < 4.78 is 0. The van der Waals surface area contributed by atoms with Crippen LogP contribution in [0.15, 0.2) is 66.7 Å². The van der Waals surface area contributed by atoms with Crippen LogP contribution in [0.2, 0.25) is 0 Å². The van der Waals surface area contributed by atoms with Crippen molar-refractivity contribution in [2.24, 2.45) is 0 Å². The van der Waals surface area contributed by atoms with Crippen LogP contribution in [0.25, 0.3) is 12.2 Å². The average Bonchev–Trinajstić information content (AvgIpc) is 2.45. The van der Waals surface area contributed by atoms with Gasteiger partial charge in [0, 0.05) is 12.1 Å². The van der Waals surface area contributed by atoms with E-state index in [1.54, 1.807) is 12.1 Å². The fraction of sp³-hybridized carbons (Fsp3) is 0. The Bertz CT molecular complexity index is 616. The number of nitrogens with zero attached hydrogens (tertiary/aromatic N) is 1. The van der Waals surface area contributed by atoms with Gasteiger partial charge in [0.25, 0.3) is 5.69 Å². The third-order valence-electron chi connectivity index (χ3n) is 2.57. The first-order valence-electron chi connectivity index (χ1n) is 5.90. The molecule has 0 heterocycles. The van der Waals surface area contributed by atoms with E-state index in [0.717, 1.165) is 11.1 Å². The molecule has 0 radical (unpaired) electrons. The molecule has 0 saturated heterocycles. The van der Waals surface area contributed by atoms with E-state index < -0.39 is 4.92 Å². The molecule has 0 aromatic heterocycles. The standard InChI is InChI=1S/C16H13NO2/c18-17(19)16-12-6-11-15(13-16)10-5-4-9-14-7-2-1-3-8-14/h1-13H/b9-4-,10-5-. The molecule has 0 aliphatic carbocycles. The van der Waals surface area contributed by atoms with Crippen molar-refractivity contribution < 1.29 is 4.92 Å². The zero-order valence-electron chi connectivity index (χ0n) is 10.3. The third-order valence-corrected chi connectivity index (χ3v) is 2.57. The molecule has 0 N–H and O–H groups in total. The van der Waals surface area contributed by atoms with E-state index >= 15 is 0 Å². The van der Waals surface area contributed by atoms with Crippen LogP contribution < -0.4 is 0 Å². The number of non-ortho nitro benzene ring substituents is 1. The van der Waals surface area contributed by atoms with Crippen LogP contribution in [0.1, 0.15) is 11.1 Å². The van der Waals surface area contributed by atoms with Gasteiger partial charge in [0.2, 0.25) is 0 Å². The summed E-state index contributed by atoms with van der Waals surface area (Å²) >= 11 is 0. The highest BCUT2D eigenvalue weighted by Gasteiger charge is 2.02. The maximum Gasteiger partial charge on any atom is 0.270 e. The van der Waals surface area contributed by atoms with E-state index in [1.807, 2.05) is 60.7 Å². The van der Waals surface area contributed by atoms with Gasteiger partial charge in [0.05, 0.1) is 4.92 Å². The summed E-state index contributed by atoms with van der Waals surface area (Å²) in [4.78, 5) is 10.2. The van der Waals surface area contributed by atoms with E-state index in [9.17, 15) is 10.1 Å². The summed E-state index contributed by atoms with van der Waals surface area (Å²) in [7, 11) is 0. The second kappa shape index (κ2) is 6.31. The first-order valence-corrected chi connectivity index (χ1v) is 5.90. The van der Waals surface area contributed by atoms with E-state index in [4.69, 9.17) is 0 Å². The van der Waals surface area contributed by atoms with Gasteiger partial charge in [-0.3, -0.25) is 10.1 Å². The fourth-order valence-electron chi connectivity index (χ4n) is 1.64. The number of hydrogen-bond acceptors (Lipinski definition) is 2. The van der Waals surface area contributed by atoms with Gasteiger partial charge in [-0.25, -0.2) is 0 Å². The average molecular weight is 251 g/mol. The minimum Gasteiger partial charge on any atom is -0.258 e. The summed E-state index contributed by atoms with van der Waals surface area (Å²) in [5.74, 6) is 0. The van der Waals surface area contributed by atoms with Gasteiger partial charge in [-0.2, -0.15) is 0 Å². The highest BCUT2D eigenvalue weighted by Crippen LogP contribution is 2.14. The number of nitro groups is 1. The zero-order valence-corrected chi connectivity index (χ0v) is 10.3. The molecule has 0 saturated carbocycles. The Kier molecular flexibility index (Phi) is 4.24. The summed E-state index contributed by atoms with van der Waals surface area (Å²) in [6.07, 6.45) is 7.60. The lowest BCUT2D eigenvalue weighted by molar-refractivity contribution is -0.384. The molecule has 0 unspecified atom stereocenters. The summed E-state index contributed by atoms with van der Waals surface area (Å²) in [6, 6.07) is 16.5. The minimum absolute atomic E-state index is 0.106. The Balaban J connectivity index is 2.05. The van der Waals surface area contributed by atoms with E-state index in [1.165, 1.54) is 6.07 Å². The smallest absolute Gasteiger partial charge is 0.258 e. The Labute approximate surface area is 111 Å². The highest BCUT2D eigenvalue weighted by molar-refractivity contribution is 5.58. The van der Waals surface area contributed by atoms with Crippen LogP contribution in [-0.2, 0) is 0 Å². The maximum absolute atomic E-state index is 10.6. The first kappa shape index (κ1) is 12.8. The van der Waals surface area contributed by atoms with Crippen LogP contribution in [0.4, 0.5) is 5.69 Å². The van der Waals surface area contributed by atoms with Gasteiger partial charge in [-0.15, -0.1) is 0 Å². The number of nitro benzene ring substituents is 1. The van der Waals surface area contributed by atoms with Crippen molar-refractivity contribution in [2.45, 2.75) is 0 Å². The molecule has 19 heavy (non-hydrogen) atoms. The topological polar surface area (TPSA) is 43.1 Å². The normalized spacial score (nSPS) is 11.2. The Hall–Kier alpha value is -2.68. The van der Waals surface area contributed by atoms with Crippen molar-refractivity contribution >= 4 is 17.8 Å². The molecule has 0 amide bonds. The zero-order chi connectivity index (χ0) is 13.5. The molecule has 94 valence electrons. The highest BCUT2D eigenvalue weighted by atomic mass is 16.6. The largest absolute Gasteiger partial charge is 0.270 e. The predicted molar refractivity (Wildman–Crippen MR) is 77.6 cm³/mol. The molecular weight excluding hydrogens is 238 g/mol. The Morgan fingerprint density at radius 3 is 2.16 bits per heavy atom. The van der Waals surface area contributed by atoms with E-state index in [0.29, 0.717) is 0 Å². The molecule has 2 rings (SSSR count). The SMILES string of the molecule is O=[N+]([O-])c1cccc(/C=C\C=C/c2ccccc2)c1. The molecule has 0 atom stereocenters. The lowest BCUT2D eigenvalue weighted by Gasteiger charge is -1.93. The number of allylic oxidation sites excluding steroid dienone is 2. The number of hydrogen-bond donors (Lipinski definition) is 0. The molecule has 2 aromatic carbocycles. The van der Waals surface area contributed by atoms with Crippen molar-refractivity contribution in [3.8, 4) is 0 Å². The van der Waals surface area contributed by atoms with Gasteiger partial charge in [-0.1, -0.05) is 66.8 Å².